The Kier molecular flexibility index (Phi) is 4.51. The molecule has 6 aromatic rings. The number of aromatic nitrogens is 1. The van der Waals surface area contributed by atoms with Gasteiger partial charge < -0.3 is 0 Å². The second-order valence-electron chi connectivity index (χ2n) is 12.3. The zero-order valence-electron chi connectivity index (χ0n) is 22.4. The topological polar surface area (TPSA) is 12.9 Å². The summed E-state index contributed by atoms with van der Waals surface area (Å²) in [5, 5.41) is 7.78. The first kappa shape index (κ1) is 22.1. The molecule has 0 saturated heterocycles. The first-order valence-corrected chi connectivity index (χ1v) is 14.0. The summed E-state index contributed by atoms with van der Waals surface area (Å²) in [5.74, 6) is 0. The molecule has 0 bridgehead atoms. The minimum atomic E-state index is 0.144. The van der Waals surface area contributed by atoms with Crippen LogP contribution in [-0.4, -0.2) is 4.98 Å². The maximum absolute atomic E-state index is 4.97. The Labute approximate surface area is 224 Å². The molecule has 5 aromatic carbocycles. The summed E-state index contributed by atoms with van der Waals surface area (Å²) in [5.41, 5.74) is 13.0. The molecule has 0 spiro atoms. The van der Waals surface area contributed by atoms with Gasteiger partial charge in [0.1, 0.15) is 0 Å². The lowest BCUT2D eigenvalue weighted by Crippen LogP contribution is -2.14. The predicted molar refractivity (Wildman–Crippen MR) is 161 cm³/mol. The molecular weight excluding hydrogens is 458 g/mol. The second kappa shape index (κ2) is 7.77. The Morgan fingerprint density at radius 3 is 1.87 bits per heavy atom. The van der Waals surface area contributed by atoms with Crippen LogP contribution in [0.15, 0.2) is 85.1 Å². The maximum Gasteiger partial charge on any atom is 0.0780 e. The number of rotatable bonds is 1. The van der Waals surface area contributed by atoms with Gasteiger partial charge in [-0.05, 0) is 115 Å². The highest BCUT2D eigenvalue weighted by atomic mass is 14.7. The predicted octanol–water partition coefficient (Wildman–Crippen LogP) is 9.37. The molecule has 0 N–H and O–H groups in total. The van der Waals surface area contributed by atoms with Crippen LogP contribution in [0, 0.1) is 0 Å². The molecule has 0 atom stereocenters. The molecule has 1 heteroatoms. The molecule has 0 amide bonds. The van der Waals surface area contributed by atoms with E-state index in [2.05, 4.69) is 99.6 Å². The number of pyridine rings is 1. The molecular formula is C37H31N. The van der Waals surface area contributed by atoms with Crippen molar-refractivity contribution >= 4 is 32.3 Å². The number of aryl methyl sites for hydroxylation is 4. The van der Waals surface area contributed by atoms with Crippen LogP contribution in [0.2, 0.25) is 0 Å². The van der Waals surface area contributed by atoms with Gasteiger partial charge in [0.05, 0.1) is 5.69 Å². The first-order chi connectivity index (χ1) is 18.5. The van der Waals surface area contributed by atoms with Crippen molar-refractivity contribution in [1.82, 2.24) is 4.98 Å². The lowest BCUT2D eigenvalue weighted by Gasteiger charge is -2.30. The highest BCUT2D eigenvalue weighted by molar-refractivity contribution is 6.19. The van der Waals surface area contributed by atoms with Crippen LogP contribution in [0.25, 0.3) is 54.7 Å². The summed E-state index contributed by atoms with van der Waals surface area (Å²) in [7, 11) is 0. The molecule has 2 aliphatic rings. The van der Waals surface area contributed by atoms with Crippen LogP contribution in [-0.2, 0) is 31.1 Å². The summed E-state index contributed by atoms with van der Waals surface area (Å²) in [4.78, 5) is 4.97. The Bertz CT molecular complexity index is 1900. The monoisotopic (exact) mass is 489 g/mol. The van der Waals surface area contributed by atoms with Crippen molar-refractivity contribution in [3.8, 4) is 22.4 Å². The van der Waals surface area contributed by atoms with Gasteiger partial charge in [-0.25, -0.2) is 0 Å². The smallest absolute Gasteiger partial charge is 0.0780 e. The lowest BCUT2D eigenvalue weighted by molar-refractivity contribution is 0.591. The zero-order valence-corrected chi connectivity index (χ0v) is 22.4. The number of fused-ring (bicyclic) bond motifs is 5. The van der Waals surface area contributed by atoms with E-state index in [1.807, 2.05) is 6.20 Å². The van der Waals surface area contributed by atoms with Gasteiger partial charge in [-0.1, -0.05) is 81.4 Å². The Morgan fingerprint density at radius 2 is 1.13 bits per heavy atom. The fourth-order valence-electron chi connectivity index (χ4n) is 7.06. The number of hydrogen-bond donors (Lipinski definition) is 0. The van der Waals surface area contributed by atoms with Crippen molar-refractivity contribution < 1.29 is 0 Å². The Morgan fingerprint density at radius 1 is 0.553 bits per heavy atom. The van der Waals surface area contributed by atoms with Crippen LogP contribution < -0.4 is 0 Å². The van der Waals surface area contributed by atoms with Gasteiger partial charge in [-0.15, -0.1) is 0 Å². The van der Waals surface area contributed by atoms with E-state index in [-0.39, 0.29) is 5.41 Å². The van der Waals surface area contributed by atoms with Gasteiger partial charge in [0.15, 0.2) is 0 Å². The summed E-state index contributed by atoms with van der Waals surface area (Å²) in [6.45, 7) is 6.84. The molecule has 2 aliphatic carbocycles. The standard InChI is InChI=1S/C37H31N/c1-37(2,3)28-12-14-29-24(21-28)11-13-31-30(29)15-16-33-32(31)17-18-38-36(33)27-19-25-9-7-22-5-4-6-23-8-10-26(20-27)35(25)34(22)23/h4-6,11-21H,7-10H2,1-3H3. The summed E-state index contributed by atoms with van der Waals surface area (Å²) >= 11 is 0. The number of hydrogen-bond acceptors (Lipinski definition) is 1. The fraction of sp³-hybridized carbons (Fsp3) is 0.216. The van der Waals surface area contributed by atoms with E-state index in [1.54, 1.807) is 0 Å². The zero-order chi connectivity index (χ0) is 25.6. The molecule has 1 aromatic heterocycles. The maximum atomic E-state index is 4.97. The normalized spacial score (nSPS) is 14.3. The van der Waals surface area contributed by atoms with Crippen LogP contribution in [0.1, 0.15) is 48.6 Å². The Hall–Kier alpha value is -3.97. The molecule has 0 radical (unpaired) electrons. The number of benzene rings is 5. The largest absolute Gasteiger partial charge is 0.256 e. The molecule has 1 heterocycles. The third-order valence-corrected chi connectivity index (χ3v) is 9.01. The van der Waals surface area contributed by atoms with E-state index in [1.165, 1.54) is 76.8 Å². The van der Waals surface area contributed by atoms with Gasteiger partial charge in [-0.3, -0.25) is 4.98 Å². The summed E-state index contributed by atoms with van der Waals surface area (Å²) in [6, 6.07) is 30.2. The van der Waals surface area contributed by atoms with Gasteiger partial charge in [0.2, 0.25) is 0 Å². The Balaban J connectivity index is 1.32. The van der Waals surface area contributed by atoms with Gasteiger partial charge in [0, 0.05) is 17.1 Å². The molecule has 38 heavy (non-hydrogen) atoms. The highest BCUT2D eigenvalue weighted by Gasteiger charge is 2.26. The minimum Gasteiger partial charge on any atom is -0.256 e. The second-order valence-corrected chi connectivity index (χ2v) is 12.3. The molecule has 0 saturated carbocycles. The quantitative estimate of drug-likeness (QED) is 0.210. The van der Waals surface area contributed by atoms with E-state index in [4.69, 9.17) is 4.98 Å². The van der Waals surface area contributed by atoms with Gasteiger partial charge in [0.25, 0.3) is 0 Å². The van der Waals surface area contributed by atoms with E-state index in [9.17, 15) is 0 Å². The van der Waals surface area contributed by atoms with Crippen molar-refractivity contribution in [3.05, 3.63) is 113 Å². The van der Waals surface area contributed by atoms with Crippen molar-refractivity contribution in [2.45, 2.75) is 51.9 Å². The SMILES string of the molecule is CC(C)(C)c1ccc2c(ccc3c4ccnc(-c5cc6c7c(c5)CCc5cccc(c5-7)CC6)c4ccc23)c1. The minimum absolute atomic E-state index is 0.144. The van der Waals surface area contributed by atoms with Crippen LogP contribution >= 0.6 is 0 Å². The van der Waals surface area contributed by atoms with Crippen molar-refractivity contribution in [3.63, 3.8) is 0 Å². The molecule has 1 nitrogen and oxygen atoms in total. The summed E-state index contributed by atoms with van der Waals surface area (Å²) < 4.78 is 0. The highest BCUT2D eigenvalue weighted by Crippen LogP contribution is 2.45. The van der Waals surface area contributed by atoms with Crippen LogP contribution in [0.4, 0.5) is 0 Å². The molecule has 184 valence electrons. The fourth-order valence-corrected chi connectivity index (χ4v) is 7.06. The third kappa shape index (κ3) is 3.14. The molecule has 0 unspecified atom stereocenters. The molecule has 0 aliphatic heterocycles. The van der Waals surface area contributed by atoms with E-state index in [0.29, 0.717) is 0 Å². The van der Waals surface area contributed by atoms with Crippen LogP contribution in [0.5, 0.6) is 0 Å². The first-order valence-electron chi connectivity index (χ1n) is 14.0. The molecule has 8 rings (SSSR count). The van der Waals surface area contributed by atoms with E-state index < -0.39 is 0 Å². The van der Waals surface area contributed by atoms with E-state index >= 15 is 0 Å². The molecule has 0 fully saturated rings. The van der Waals surface area contributed by atoms with Crippen molar-refractivity contribution in [2.75, 3.05) is 0 Å². The van der Waals surface area contributed by atoms with E-state index in [0.717, 1.165) is 31.4 Å². The number of nitrogens with zero attached hydrogens (tertiary/aromatic N) is 1. The summed E-state index contributed by atoms with van der Waals surface area (Å²) in [6.07, 6.45) is 6.50. The average Bonchev–Trinajstić information content (AvgIpc) is 2.94. The van der Waals surface area contributed by atoms with Crippen molar-refractivity contribution in [2.24, 2.45) is 0 Å². The van der Waals surface area contributed by atoms with Crippen molar-refractivity contribution in [1.29, 1.82) is 0 Å². The van der Waals surface area contributed by atoms with Gasteiger partial charge >= 0.3 is 0 Å². The third-order valence-electron chi connectivity index (χ3n) is 9.01. The lowest BCUT2D eigenvalue weighted by atomic mass is 9.74. The average molecular weight is 490 g/mol. The van der Waals surface area contributed by atoms with Gasteiger partial charge in [-0.2, -0.15) is 0 Å². The van der Waals surface area contributed by atoms with Crippen LogP contribution in [0.3, 0.4) is 0 Å².